The molecule has 1 aliphatic rings. The van der Waals surface area contributed by atoms with E-state index in [0.717, 1.165) is 18.6 Å². The molecule has 1 aliphatic heterocycles. The molecule has 2 atom stereocenters. The van der Waals surface area contributed by atoms with E-state index in [1.54, 1.807) is 7.11 Å². The Morgan fingerprint density at radius 2 is 2.17 bits per heavy atom. The average molecular weight is 247 g/mol. The van der Waals surface area contributed by atoms with E-state index in [4.69, 9.17) is 4.74 Å². The minimum Gasteiger partial charge on any atom is -0.496 e. The maximum absolute atomic E-state index is 11.6. The van der Waals surface area contributed by atoms with Gasteiger partial charge in [0.2, 0.25) is 5.91 Å². The van der Waals surface area contributed by atoms with Crippen LogP contribution in [0.25, 0.3) is 0 Å². The van der Waals surface area contributed by atoms with Gasteiger partial charge in [-0.15, -0.1) is 0 Å². The van der Waals surface area contributed by atoms with E-state index in [2.05, 4.69) is 25.2 Å². The lowest BCUT2D eigenvalue weighted by Gasteiger charge is -2.30. The van der Waals surface area contributed by atoms with Crippen LogP contribution in [-0.4, -0.2) is 19.1 Å². The first-order chi connectivity index (χ1) is 8.59. The van der Waals surface area contributed by atoms with Crippen molar-refractivity contribution >= 4 is 5.91 Å². The molecule has 2 unspecified atom stereocenters. The Morgan fingerprint density at radius 1 is 1.44 bits per heavy atom. The number of carbonyl (C=O) groups is 1. The molecule has 0 spiro atoms. The summed E-state index contributed by atoms with van der Waals surface area (Å²) in [4.78, 5) is 11.6. The molecule has 18 heavy (non-hydrogen) atoms. The van der Waals surface area contributed by atoms with Gasteiger partial charge in [-0.05, 0) is 24.5 Å². The molecular formula is C15H21NO2. The second-order valence-electron chi connectivity index (χ2n) is 5.35. The number of hydrogen-bond donors (Lipinski definition) is 1. The lowest BCUT2D eigenvalue weighted by molar-refractivity contribution is -0.119. The lowest BCUT2D eigenvalue weighted by atomic mass is 9.76. The Labute approximate surface area is 109 Å². The van der Waals surface area contributed by atoms with E-state index < -0.39 is 0 Å². The summed E-state index contributed by atoms with van der Waals surface area (Å²) < 4.78 is 5.39. The summed E-state index contributed by atoms with van der Waals surface area (Å²) in [5, 5.41) is 3.07. The number of para-hydroxylation sites is 1. The second kappa shape index (κ2) is 5.01. The van der Waals surface area contributed by atoms with Gasteiger partial charge < -0.3 is 10.1 Å². The summed E-state index contributed by atoms with van der Waals surface area (Å²) in [5.74, 6) is 1.08. The first-order valence-electron chi connectivity index (χ1n) is 6.50. The molecule has 3 nitrogen and oxygen atoms in total. The van der Waals surface area contributed by atoms with Gasteiger partial charge in [0.15, 0.2) is 0 Å². The van der Waals surface area contributed by atoms with E-state index in [0.29, 0.717) is 6.42 Å². The standard InChI is InChI=1S/C15H21NO2/c1-4-13-15(2,10-14(17)16-13)9-11-7-5-6-8-12(11)18-3/h5-8,13H,4,9-10H2,1-3H3,(H,16,17). The Kier molecular flexibility index (Phi) is 3.60. The molecule has 1 heterocycles. The largest absolute Gasteiger partial charge is 0.496 e. The van der Waals surface area contributed by atoms with Crippen LogP contribution in [0.5, 0.6) is 5.75 Å². The number of nitrogens with one attached hydrogen (secondary N) is 1. The zero-order valence-corrected chi connectivity index (χ0v) is 11.3. The minimum absolute atomic E-state index is 0.0134. The number of methoxy groups -OCH3 is 1. The molecule has 0 aromatic heterocycles. The molecule has 0 aliphatic carbocycles. The van der Waals surface area contributed by atoms with Crippen LogP contribution in [0.3, 0.4) is 0 Å². The molecular weight excluding hydrogens is 226 g/mol. The SMILES string of the molecule is CCC1NC(=O)CC1(C)Cc1ccccc1OC. The summed E-state index contributed by atoms with van der Waals surface area (Å²) in [7, 11) is 1.69. The first kappa shape index (κ1) is 12.9. The van der Waals surface area contributed by atoms with Crippen LogP contribution in [0.2, 0.25) is 0 Å². The maximum Gasteiger partial charge on any atom is 0.220 e. The molecule has 0 radical (unpaired) electrons. The molecule has 1 aromatic carbocycles. The average Bonchev–Trinajstić information content (AvgIpc) is 2.64. The third kappa shape index (κ3) is 2.35. The van der Waals surface area contributed by atoms with Crippen molar-refractivity contribution in [2.24, 2.45) is 5.41 Å². The van der Waals surface area contributed by atoms with Crippen LogP contribution in [-0.2, 0) is 11.2 Å². The van der Waals surface area contributed by atoms with Crippen molar-refractivity contribution in [3.8, 4) is 5.75 Å². The highest BCUT2D eigenvalue weighted by Crippen LogP contribution is 2.38. The molecule has 1 fully saturated rings. The Bertz CT molecular complexity index is 444. The van der Waals surface area contributed by atoms with Gasteiger partial charge >= 0.3 is 0 Å². The summed E-state index contributed by atoms with van der Waals surface area (Å²) in [5.41, 5.74) is 1.16. The monoisotopic (exact) mass is 247 g/mol. The van der Waals surface area contributed by atoms with Crippen molar-refractivity contribution in [3.05, 3.63) is 29.8 Å². The third-order valence-corrected chi connectivity index (χ3v) is 3.94. The van der Waals surface area contributed by atoms with Gasteiger partial charge in [0.25, 0.3) is 0 Å². The highest BCUT2D eigenvalue weighted by molar-refractivity contribution is 5.80. The molecule has 1 saturated heterocycles. The number of rotatable bonds is 4. The number of carbonyl (C=O) groups excluding carboxylic acids is 1. The third-order valence-electron chi connectivity index (χ3n) is 3.94. The fourth-order valence-corrected chi connectivity index (χ4v) is 2.97. The van der Waals surface area contributed by atoms with Crippen molar-refractivity contribution in [3.63, 3.8) is 0 Å². The van der Waals surface area contributed by atoms with Gasteiger partial charge in [-0.25, -0.2) is 0 Å². The van der Waals surface area contributed by atoms with Crippen molar-refractivity contribution in [2.75, 3.05) is 7.11 Å². The van der Waals surface area contributed by atoms with Crippen LogP contribution in [0.4, 0.5) is 0 Å². The highest BCUT2D eigenvalue weighted by atomic mass is 16.5. The van der Waals surface area contributed by atoms with Gasteiger partial charge in [-0.1, -0.05) is 32.0 Å². The molecule has 0 saturated carbocycles. The summed E-state index contributed by atoms with van der Waals surface area (Å²) >= 11 is 0. The molecule has 1 amide bonds. The zero-order valence-electron chi connectivity index (χ0n) is 11.3. The van der Waals surface area contributed by atoms with Crippen molar-refractivity contribution in [1.82, 2.24) is 5.32 Å². The first-order valence-corrected chi connectivity index (χ1v) is 6.50. The van der Waals surface area contributed by atoms with Gasteiger partial charge in [0, 0.05) is 17.9 Å². The van der Waals surface area contributed by atoms with E-state index in [1.165, 1.54) is 5.56 Å². The van der Waals surface area contributed by atoms with E-state index in [1.807, 2.05) is 18.2 Å². The number of hydrogen-bond acceptors (Lipinski definition) is 2. The predicted octanol–water partition coefficient (Wildman–Crippen LogP) is 2.54. The van der Waals surface area contributed by atoms with Crippen LogP contribution in [0.15, 0.2) is 24.3 Å². The lowest BCUT2D eigenvalue weighted by Crippen LogP contribution is -2.36. The predicted molar refractivity (Wildman–Crippen MR) is 71.6 cm³/mol. The normalized spacial score (nSPS) is 27.1. The molecule has 0 bridgehead atoms. The van der Waals surface area contributed by atoms with Crippen LogP contribution in [0.1, 0.15) is 32.3 Å². The molecule has 1 N–H and O–H groups in total. The van der Waals surface area contributed by atoms with Crippen molar-refractivity contribution in [1.29, 1.82) is 0 Å². The molecule has 3 heteroatoms. The van der Waals surface area contributed by atoms with E-state index >= 15 is 0 Å². The second-order valence-corrected chi connectivity index (χ2v) is 5.35. The number of ether oxygens (including phenoxy) is 1. The van der Waals surface area contributed by atoms with Gasteiger partial charge in [0.05, 0.1) is 7.11 Å². The fraction of sp³-hybridized carbons (Fsp3) is 0.533. The number of benzene rings is 1. The Morgan fingerprint density at radius 3 is 2.83 bits per heavy atom. The molecule has 98 valence electrons. The van der Waals surface area contributed by atoms with Crippen LogP contribution >= 0.6 is 0 Å². The Balaban J connectivity index is 2.24. The van der Waals surface area contributed by atoms with E-state index in [9.17, 15) is 4.79 Å². The van der Waals surface area contributed by atoms with Crippen LogP contribution < -0.4 is 10.1 Å². The molecule has 1 aromatic rings. The van der Waals surface area contributed by atoms with Crippen molar-refractivity contribution < 1.29 is 9.53 Å². The van der Waals surface area contributed by atoms with Crippen LogP contribution in [0, 0.1) is 5.41 Å². The highest BCUT2D eigenvalue weighted by Gasteiger charge is 2.42. The van der Waals surface area contributed by atoms with Gasteiger partial charge in [0.1, 0.15) is 5.75 Å². The topological polar surface area (TPSA) is 38.3 Å². The number of amides is 1. The van der Waals surface area contributed by atoms with Crippen molar-refractivity contribution in [2.45, 2.75) is 39.2 Å². The summed E-state index contributed by atoms with van der Waals surface area (Å²) in [6.07, 6.45) is 2.44. The molecule has 2 rings (SSSR count). The fourth-order valence-electron chi connectivity index (χ4n) is 2.97. The minimum atomic E-state index is -0.0134. The van der Waals surface area contributed by atoms with E-state index in [-0.39, 0.29) is 17.4 Å². The van der Waals surface area contributed by atoms with Gasteiger partial charge in [-0.2, -0.15) is 0 Å². The summed E-state index contributed by atoms with van der Waals surface area (Å²) in [6.45, 7) is 4.31. The maximum atomic E-state index is 11.6. The smallest absolute Gasteiger partial charge is 0.220 e. The zero-order chi connectivity index (χ0) is 13.2. The summed E-state index contributed by atoms with van der Waals surface area (Å²) in [6, 6.07) is 8.31. The quantitative estimate of drug-likeness (QED) is 0.888. The van der Waals surface area contributed by atoms with Gasteiger partial charge in [-0.3, -0.25) is 4.79 Å². The Hall–Kier alpha value is -1.51.